The molecular formula is C28H29N5O2. The largest absolute Gasteiger partial charge is 0.338 e. The molecule has 1 aliphatic rings. The first-order chi connectivity index (χ1) is 17.0. The number of nitrogens with one attached hydrogen (secondary N) is 1. The predicted octanol–water partition coefficient (Wildman–Crippen LogP) is 4.77. The number of amides is 2. The van der Waals surface area contributed by atoms with Crippen molar-refractivity contribution in [2.24, 2.45) is 5.92 Å². The van der Waals surface area contributed by atoms with Crippen LogP contribution in [-0.2, 0) is 4.79 Å². The van der Waals surface area contributed by atoms with Crippen molar-refractivity contribution in [2.75, 3.05) is 18.4 Å². The van der Waals surface area contributed by atoms with Gasteiger partial charge in [-0.1, -0.05) is 24.3 Å². The van der Waals surface area contributed by atoms with E-state index in [0.717, 1.165) is 29.8 Å². The van der Waals surface area contributed by atoms with E-state index >= 15 is 0 Å². The van der Waals surface area contributed by atoms with Crippen molar-refractivity contribution in [1.29, 1.82) is 0 Å². The minimum absolute atomic E-state index is 0.0450. The van der Waals surface area contributed by atoms with E-state index < -0.39 is 0 Å². The summed E-state index contributed by atoms with van der Waals surface area (Å²) < 4.78 is 3.68. The molecule has 0 saturated carbocycles. The van der Waals surface area contributed by atoms with E-state index in [1.807, 2.05) is 91.5 Å². The number of nitrogens with zero attached hydrogens (tertiary/aromatic N) is 4. The van der Waals surface area contributed by atoms with Gasteiger partial charge in [0, 0.05) is 31.2 Å². The van der Waals surface area contributed by atoms with Crippen LogP contribution in [0.25, 0.3) is 11.5 Å². The monoisotopic (exact) mass is 467 g/mol. The molecule has 0 radical (unpaired) electrons. The fourth-order valence-electron chi connectivity index (χ4n) is 4.58. The quantitative estimate of drug-likeness (QED) is 0.460. The lowest BCUT2D eigenvalue weighted by atomic mass is 9.96. The summed E-state index contributed by atoms with van der Waals surface area (Å²) in [6, 6.07) is 19.5. The molecule has 2 aromatic heterocycles. The van der Waals surface area contributed by atoms with Crippen molar-refractivity contribution in [1.82, 2.24) is 19.2 Å². The summed E-state index contributed by atoms with van der Waals surface area (Å²) in [5, 5.41) is 7.59. The van der Waals surface area contributed by atoms with Crippen molar-refractivity contribution in [3.05, 3.63) is 95.9 Å². The second kappa shape index (κ2) is 9.62. The van der Waals surface area contributed by atoms with Crippen molar-refractivity contribution in [2.45, 2.75) is 26.7 Å². The van der Waals surface area contributed by atoms with Crippen LogP contribution in [0.2, 0.25) is 0 Å². The Morgan fingerprint density at radius 2 is 1.74 bits per heavy atom. The Bertz CT molecular complexity index is 1340. The number of carbonyl (C=O) groups excluding carboxylic acids is 2. The van der Waals surface area contributed by atoms with Gasteiger partial charge < -0.3 is 14.8 Å². The Hall–Kier alpha value is -4.13. The zero-order valence-corrected chi connectivity index (χ0v) is 20.0. The Labute approximate surface area is 205 Å². The van der Waals surface area contributed by atoms with Gasteiger partial charge in [0.15, 0.2) is 5.82 Å². The Morgan fingerprint density at radius 1 is 0.971 bits per heavy atom. The molecule has 0 bridgehead atoms. The normalized spacial score (nSPS) is 15.7. The molecule has 0 spiro atoms. The molecule has 1 atom stereocenters. The summed E-state index contributed by atoms with van der Waals surface area (Å²) in [4.78, 5) is 28.5. The van der Waals surface area contributed by atoms with Gasteiger partial charge in [-0.15, -0.1) is 0 Å². The van der Waals surface area contributed by atoms with E-state index in [9.17, 15) is 9.59 Å². The van der Waals surface area contributed by atoms with Gasteiger partial charge in [0.05, 0.1) is 17.8 Å². The number of aromatic nitrogens is 3. The summed E-state index contributed by atoms with van der Waals surface area (Å²) in [6.45, 7) is 5.09. The number of aryl methyl sites for hydroxylation is 2. The van der Waals surface area contributed by atoms with Crippen LogP contribution in [-0.4, -0.2) is 44.2 Å². The van der Waals surface area contributed by atoms with Crippen LogP contribution in [0.15, 0.2) is 79.3 Å². The van der Waals surface area contributed by atoms with Gasteiger partial charge in [0.2, 0.25) is 5.91 Å². The molecule has 2 amide bonds. The Morgan fingerprint density at radius 3 is 2.49 bits per heavy atom. The number of benzene rings is 2. The average molecular weight is 468 g/mol. The highest BCUT2D eigenvalue weighted by Gasteiger charge is 2.31. The maximum atomic E-state index is 13.7. The summed E-state index contributed by atoms with van der Waals surface area (Å²) in [5.41, 5.74) is 4.50. The molecule has 0 aliphatic carbocycles. The minimum atomic E-state index is -0.256. The van der Waals surface area contributed by atoms with Gasteiger partial charge in [-0.05, 0) is 74.2 Å². The first kappa shape index (κ1) is 22.7. The number of carbonyl (C=O) groups is 2. The van der Waals surface area contributed by atoms with Gasteiger partial charge in [-0.3, -0.25) is 9.59 Å². The highest BCUT2D eigenvalue weighted by Crippen LogP contribution is 2.25. The molecule has 2 aromatic carbocycles. The fraction of sp³-hybridized carbons (Fsp3) is 0.250. The van der Waals surface area contributed by atoms with E-state index in [0.29, 0.717) is 24.5 Å². The molecular weight excluding hydrogens is 438 g/mol. The van der Waals surface area contributed by atoms with Crippen LogP contribution in [0.1, 0.15) is 34.3 Å². The molecule has 1 saturated heterocycles. The molecule has 1 N–H and O–H groups in total. The lowest BCUT2D eigenvalue weighted by Crippen LogP contribution is -2.44. The molecule has 5 rings (SSSR count). The van der Waals surface area contributed by atoms with Crippen LogP contribution in [0.5, 0.6) is 0 Å². The number of likely N-dealkylation sites (tertiary alicyclic amines) is 1. The number of anilines is 1. The highest BCUT2D eigenvalue weighted by atomic mass is 16.2. The third-order valence-corrected chi connectivity index (χ3v) is 6.68. The molecule has 4 aromatic rings. The molecule has 178 valence electrons. The van der Waals surface area contributed by atoms with Crippen molar-refractivity contribution >= 4 is 17.5 Å². The SMILES string of the molecule is Cc1ccc(NC(=O)C2CCCN(C(=O)c3cnn(-c4ccccc4)c3-n3cccc3)C2)cc1C. The third kappa shape index (κ3) is 4.62. The van der Waals surface area contributed by atoms with Crippen LogP contribution >= 0.6 is 0 Å². The average Bonchev–Trinajstić information content (AvgIpc) is 3.56. The lowest BCUT2D eigenvalue weighted by Gasteiger charge is -2.32. The van der Waals surface area contributed by atoms with E-state index in [2.05, 4.69) is 10.4 Å². The summed E-state index contributed by atoms with van der Waals surface area (Å²) in [6.07, 6.45) is 6.98. The molecule has 7 nitrogen and oxygen atoms in total. The predicted molar refractivity (Wildman–Crippen MR) is 136 cm³/mol. The number of para-hydroxylation sites is 1. The Balaban J connectivity index is 1.38. The maximum Gasteiger partial charge on any atom is 0.259 e. The van der Waals surface area contributed by atoms with Crippen LogP contribution < -0.4 is 5.32 Å². The number of hydrogen-bond acceptors (Lipinski definition) is 3. The molecule has 7 heteroatoms. The number of hydrogen-bond donors (Lipinski definition) is 1. The standard InChI is InChI=1S/C28H29N5O2/c1-20-12-13-23(17-21(20)2)30-26(34)22-9-8-16-32(19-22)28(35)25-18-29-33(24-10-4-3-5-11-24)27(25)31-14-6-7-15-31/h3-7,10-15,17-18,22H,8-9,16,19H2,1-2H3,(H,30,34). The van der Waals surface area contributed by atoms with Gasteiger partial charge in [0.25, 0.3) is 5.91 Å². The molecule has 3 heterocycles. The smallest absolute Gasteiger partial charge is 0.259 e. The lowest BCUT2D eigenvalue weighted by molar-refractivity contribution is -0.121. The fourth-order valence-corrected chi connectivity index (χ4v) is 4.58. The van der Waals surface area contributed by atoms with E-state index in [4.69, 9.17) is 0 Å². The summed E-state index contributed by atoms with van der Waals surface area (Å²) >= 11 is 0. The van der Waals surface area contributed by atoms with E-state index in [-0.39, 0.29) is 17.7 Å². The van der Waals surface area contributed by atoms with Gasteiger partial charge in [0.1, 0.15) is 5.56 Å². The zero-order valence-electron chi connectivity index (χ0n) is 20.0. The molecule has 1 fully saturated rings. The second-order valence-electron chi connectivity index (χ2n) is 9.10. The van der Waals surface area contributed by atoms with Crippen molar-refractivity contribution in [3.8, 4) is 11.5 Å². The molecule has 1 unspecified atom stereocenters. The van der Waals surface area contributed by atoms with Crippen LogP contribution in [0.3, 0.4) is 0 Å². The van der Waals surface area contributed by atoms with Gasteiger partial charge in [-0.25, -0.2) is 4.68 Å². The minimum Gasteiger partial charge on any atom is -0.338 e. The van der Waals surface area contributed by atoms with Crippen LogP contribution in [0.4, 0.5) is 5.69 Å². The second-order valence-corrected chi connectivity index (χ2v) is 9.10. The topological polar surface area (TPSA) is 72.2 Å². The summed E-state index contributed by atoms with van der Waals surface area (Å²) in [5.74, 6) is 0.275. The van der Waals surface area contributed by atoms with Crippen molar-refractivity contribution < 1.29 is 9.59 Å². The third-order valence-electron chi connectivity index (χ3n) is 6.68. The molecule has 1 aliphatic heterocycles. The first-order valence-corrected chi connectivity index (χ1v) is 12.0. The number of rotatable bonds is 5. The Kier molecular flexibility index (Phi) is 6.23. The number of piperidine rings is 1. The van der Waals surface area contributed by atoms with Gasteiger partial charge in [-0.2, -0.15) is 5.10 Å². The van der Waals surface area contributed by atoms with Crippen LogP contribution in [0, 0.1) is 19.8 Å². The molecule has 35 heavy (non-hydrogen) atoms. The van der Waals surface area contributed by atoms with Crippen molar-refractivity contribution in [3.63, 3.8) is 0 Å². The van der Waals surface area contributed by atoms with E-state index in [1.54, 1.807) is 15.8 Å². The maximum absolute atomic E-state index is 13.7. The van der Waals surface area contributed by atoms with E-state index in [1.165, 1.54) is 5.56 Å². The van der Waals surface area contributed by atoms with Gasteiger partial charge >= 0.3 is 0 Å². The highest BCUT2D eigenvalue weighted by molar-refractivity contribution is 5.98. The zero-order chi connectivity index (χ0) is 24.4. The first-order valence-electron chi connectivity index (χ1n) is 12.0. The summed E-state index contributed by atoms with van der Waals surface area (Å²) in [7, 11) is 0.